The number of benzene rings is 2. The number of nitrogens with one attached hydrogen (secondary N) is 2. The number of anilines is 2. The summed E-state index contributed by atoms with van der Waals surface area (Å²) in [5.41, 5.74) is 6.82. The van der Waals surface area contributed by atoms with Gasteiger partial charge in [0.1, 0.15) is 0 Å². The molecule has 30 heavy (non-hydrogen) atoms. The molecular weight excluding hydrogens is 426 g/mol. The lowest BCUT2D eigenvalue weighted by Crippen LogP contribution is -2.43. The summed E-state index contributed by atoms with van der Waals surface area (Å²) in [5, 5.41) is 2.81. The van der Waals surface area contributed by atoms with Crippen LogP contribution in [0.25, 0.3) is 0 Å². The fourth-order valence-electron chi connectivity index (χ4n) is 2.72. The first-order valence-corrected chi connectivity index (χ1v) is 12.6. The molecule has 0 saturated carbocycles. The number of rotatable bonds is 11. The van der Waals surface area contributed by atoms with Crippen LogP contribution in [-0.4, -0.2) is 51.0 Å². The van der Waals surface area contributed by atoms with E-state index in [9.17, 15) is 13.2 Å². The first-order chi connectivity index (χ1) is 14.2. The smallest absolute Gasteiger partial charge is 0.399 e. The first kappa shape index (κ1) is 23.8. The molecule has 0 aliphatic carbocycles. The molecule has 1 amide bonds. The van der Waals surface area contributed by atoms with E-state index in [2.05, 4.69) is 10.0 Å². The van der Waals surface area contributed by atoms with E-state index >= 15 is 0 Å². The Kier molecular flexibility index (Phi) is 8.38. The SMILES string of the molecule is CO[Si](CCCNC(=O)c1ccc(NS(=O)(=O)c2ccc(N)cc2)cc1)(OC)OC. The van der Waals surface area contributed by atoms with Crippen molar-refractivity contribution >= 4 is 36.1 Å². The van der Waals surface area contributed by atoms with Crippen molar-refractivity contribution in [1.82, 2.24) is 5.32 Å². The van der Waals surface area contributed by atoms with Crippen molar-refractivity contribution in [3.05, 3.63) is 54.1 Å². The Bertz CT molecular complexity index is 923. The zero-order valence-corrected chi connectivity index (χ0v) is 19.0. The topological polar surface area (TPSA) is 129 Å². The van der Waals surface area contributed by atoms with Crippen molar-refractivity contribution in [1.29, 1.82) is 0 Å². The van der Waals surface area contributed by atoms with Gasteiger partial charge in [0.05, 0.1) is 4.90 Å². The van der Waals surface area contributed by atoms with Crippen LogP contribution in [0.5, 0.6) is 0 Å². The lowest BCUT2D eigenvalue weighted by molar-refractivity contribution is 0.0949. The van der Waals surface area contributed by atoms with Crippen LogP contribution in [0.2, 0.25) is 6.04 Å². The Balaban J connectivity index is 1.90. The lowest BCUT2D eigenvalue weighted by Gasteiger charge is -2.24. The maximum atomic E-state index is 12.4. The van der Waals surface area contributed by atoms with Crippen LogP contribution in [0.3, 0.4) is 0 Å². The molecule has 0 aromatic heterocycles. The second kappa shape index (κ2) is 10.5. The van der Waals surface area contributed by atoms with Crippen LogP contribution < -0.4 is 15.8 Å². The second-order valence-corrected chi connectivity index (χ2v) is 11.2. The molecule has 0 heterocycles. The van der Waals surface area contributed by atoms with Gasteiger partial charge in [-0.05, 0) is 55.0 Å². The minimum Gasteiger partial charge on any atom is -0.399 e. The largest absolute Gasteiger partial charge is 0.500 e. The summed E-state index contributed by atoms with van der Waals surface area (Å²) in [6.45, 7) is 0.426. The fraction of sp³-hybridized carbons (Fsp3) is 0.316. The van der Waals surface area contributed by atoms with Crippen LogP contribution >= 0.6 is 0 Å². The Hall–Kier alpha value is -2.44. The summed E-state index contributed by atoms with van der Waals surface area (Å²) >= 11 is 0. The average molecular weight is 454 g/mol. The van der Waals surface area contributed by atoms with Gasteiger partial charge in [-0.25, -0.2) is 8.42 Å². The first-order valence-electron chi connectivity index (χ1n) is 9.17. The van der Waals surface area contributed by atoms with Gasteiger partial charge in [0.2, 0.25) is 0 Å². The molecule has 4 N–H and O–H groups in total. The van der Waals surface area contributed by atoms with E-state index in [1.165, 1.54) is 36.4 Å². The predicted octanol–water partition coefficient (Wildman–Crippen LogP) is 2.07. The highest BCUT2D eigenvalue weighted by molar-refractivity contribution is 7.92. The molecule has 0 atom stereocenters. The van der Waals surface area contributed by atoms with E-state index in [4.69, 9.17) is 19.0 Å². The molecule has 0 radical (unpaired) electrons. The van der Waals surface area contributed by atoms with Crippen molar-refractivity contribution < 1.29 is 26.5 Å². The van der Waals surface area contributed by atoms with Crippen molar-refractivity contribution in [3.63, 3.8) is 0 Å². The monoisotopic (exact) mass is 453 g/mol. The lowest BCUT2D eigenvalue weighted by atomic mass is 10.2. The summed E-state index contributed by atoms with van der Waals surface area (Å²) in [6.07, 6.45) is 0.632. The van der Waals surface area contributed by atoms with E-state index < -0.39 is 18.8 Å². The highest BCUT2D eigenvalue weighted by Gasteiger charge is 2.36. The molecule has 0 aliphatic rings. The van der Waals surface area contributed by atoms with E-state index in [0.29, 0.717) is 35.9 Å². The Morgan fingerprint density at radius 3 is 2.07 bits per heavy atom. The minimum atomic E-state index is -3.74. The number of hydrogen-bond acceptors (Lipinski definition) is 7. The number of amides is 1. The summed E-state index contributed by atoms with van der Waals surface area (Å²) < 4.78 is 43.3. The summed E-state index contributed by atoms with van der Waals surface area (Å²) in [4.78, 5) is 12.4. The van der Waals surface area contributed by atoms with Gasteiger partial charge in [0.15, 0.2) is 0 Å². The third kappa shape index (κ3) is 6.28. The van der Waals surface area contributed by atoms with Gasteiger partial charge < -0.3 is 24.3 Å². The third-order valence-corrected chi connectivity index (χ3v) is 8.70. The van der Waals surface area contributed by atoms with Gasteiger partial charge in [-0.2, -0.15) is 0 Å². The van der Waals surface area contributed by atoms with Gasteiger partial charge in [-0.3, -0.25) is 9.52 Å². The van der Waals surface area contributed by atoms with Gasteiger partial charge >= 0.3 is 8.80 Å². The van der Waals surface area contributed by atoms with Gasteiger partial charge in [0, 0.05) is 50.9 Å². The van der Waals surface area contributed by atoms with E-state index in [1.807, 2.05) is 0 Å². The molecule has 0 saturated heterocycles. The van der Waals surface area contributed by atoms with Crippen LogP contribution in [-0.2, 0) is 23.3 Å². The molecule has 0 unspecified atom stereocenters. The highest BCUT2D eigenvalue weighted by atomic mass is 32.2. The van der Waals surface area contributed by atoms with Gasteiger partial charge in [-0.1, -0.05) is 0 Å². The Labute approximate surface area is 177 Å². The molecule has 0 aliphatic heterocycles. The minimum absolute atomic E-state index is 0.0984. The fourth-order valence-corrected chi connectivity index (χ4v) is 5.50. The zero-order valence-electron chi connectivity index (χ0n) is 17.2. The molecule has 0 bridgehead atoms. The molecular formula is C19H27N3O6SSi. The molecule has 0 spiro atoms. The predicted molar refractivity (Wildman–Crippen MR) is 117 cm³/mol. The summed E-state index contributed by atoms with van der Waals surface area (Å²) in [7, 11) is -1.77. The Morgan fingerprint density at radius 1 is 0.967 bits per heavy atom. The van der Waals surface area contributed by atoms with Crippen molar-refractivity contribution in [3.8, 4) is 0 Å². The molecule has 2 rings (SSSR count). The molecule has 11 heteroatoms. The van der Waals surface area contributed by atoms with E-state index in [0.717, 1.165) is 0 Å². The number of sulfonamides is 1. The average Bonchev–Trinajstić information content (AvgIpc) is 2.75. The van der Waals surface area contributed by atoms with Gasteiger partial charge in [0.25, 0.3) is 15.9 Å². The quantitative estimate of drug-likeness (QED) is 0.270. The van der Waals surface area contributed by atoms with Crippen molar-refractivity contribution in [2.45, 2.75) is 17.4 Å². The van der Waals surface area contributed by atoms with Crippen LogP contribution in [0, 0.1) is 0 Å². The van der Waals surface area contributed by atoms with Crippen molar-refractivity contribution in [2.75, 3.05) is 38.3 Å². The standard InChI is InChI=1S/C19H27N3O6SSi/c1-26-30(27-2,28-3)14-4-13-21-19(23)15-5-9-17(10-6-15)22-29(24,25)18-11-7-16(20)8-12-18/h5-12,22H,4,13-14,20H2,1-3H3,(H,21,23). The summed E-state index contributed by atoms with van der Waals surface area (Å²) in [5.74, 6) is -0.262. The molecule has 2 aromatic carbocycles. The molecule has 0 fully saturated rings. The molecule has 164 valence electrons. The van der Waals surface area contributed by atoms with Crippen LogP contribution in [0.4, 0.5) is 11.4 Å². The second-order valence-electron chi connectivity index (χ2n) is 6.41. The maximum absolute atomic E-state index is 12.4. The van der Waals surface area contributed by atoms with Crippen molar-refractivity contribution in [2.24, 2.45) is 0 Å². The van der Waals surface area contributed by atoms with Crippen LogP contribution in [0.1, 0.15) is 16.8 Å². The number of nitrogens with two attached hydrogens (primary N) is 1. The molecule has 9 nitrogen and oxygen atoms in total. The Morgan fingerprint density at radius 2 is 1.53 bits per heavy atom. The van der Waals surface area contributed by atoms with E-state index in [1.54, 1.807) is 33.5 Å². The number of carbonyl (C=O) groups is 1. The normalized spacial score (nSPS) is 11.8. The number of carbonyl (C=O) groups excluding carboxylic acids is 1. The number of nitrogen functional groups attached to an aromatic ring is 1. The maximum Gasteiger partial charge on any atom is 0.500 e. The van der Waals surface area contributed by atoms with E-state index in [-0.39, 0.29) is 10.8 Å². The summed E-state index contributed by atoms with van der Waals surface area (Å²) in [6, 6.07) is 12.6. The van der Waals surface area contributed by atoms with Gasteiger partial charge in [-0.15, -0.1) is 0 Å². The molecule has 2 aromatic rings. The van der Waals surface area contributed by atoms with Crippen LogP contribution in [0.15, 0.2) is 53.4 Å². The number of hydrogen-bond donors (Lipinski definition) is 3. The third-order valence-electron chi connectivity index (χ3n) is 4.47. The zero-order chi connectivity index (χ0) is 22.2. The highest BCUT2D eigenvalue weighted by Crippen LogP contribution is 2.18.